The highest BCUT2D eigenvalue weighted by Crippen LogP contribution is 2.29. The van der Waals surface area contributed by atoms with Crippen LogP contribution in [0.1, 0.15) is 37.8 Å². The molecule has 1 unspecified atom stereocenters. The topological polar surface area (TPSA) is 64.0 Å². The number of rotatable bonds is 7. The lowest BCUT2D eigenvalue weighted by Gasteiger charge is -2.19. The summed E-state index contributed by atoms with van der Waals surface area (Å²) in [5.41, 5.74) is 2.90. The second-order valence-electron chi connectivity index (χ2n) is 7.18. The summed E-state index contributed by atoms with van der Waals surface area (Å²) in [6.07, 6.45) is 1.67. The Kier molecular flexibility index (Phi) is 6.59. The van der Waals surface area contributed by atoms with E-state index in [1.807, 2.05) is 37.4 Å². The summed E-state index contributed by atoms with van der Waals surface area (Å²) < 4.78 is 1.57. The Morgan fingerprint density at radius 1 is 1.34 bits per heavy atom. The quantitative estimate of drug-likeness (QED) is 0.320. The van der Waals surface area contributed by atoms with Gasteiger partial charge < -0.3 is 5.32 Å². The fourth-order valence-electron chi connectivity index (χ4n) is 3.09. The van der Waals surface area contributed by atoms with Crippen molar-refractivity contribution in [3.8, 4) is 0 Å². The number of thioether (sulfide) groups is 1. The van der Waals surface area contributed by atoms with Gasteiger partial charge in [-0.1, -0.05) is 49.9 Å². The molecule has 29 heavy (non-hydrogen) atoms. The number of thiophene rings is 1. The van der Waals surface area contributed by atoms with Gasteiger partial charge in [-0.3, -0.25) is 14.2 Å². The summed E-state index contributed by atoms with van der Waals surface area (Å²) in [4.78, 5) is 31.0. The molecule has 0 aliphatic rings. The van der Waals surface area contributed by atoms with Crippen molar-refractivity contribution < 1.29 is 4.79 Å². The zero-order chi connectivity index (χ0) is 21.1. The molecule has 3 aromatic rings. The number of hydrogen-bond donors (Lipinski definition) is 1. The third-order valence-electron chi connectivity index (χ3n) is 4.69. The lowest BCUT2D eigenvalue weighted by atomic mass is 9.98. The Morgan fingerprint density at radius 3 is 2.79 bits per heavy atom. The van der Waals surface area contributed by atoms with Crippen LogP contribution in [0.5, 0.6) is 0 Å². The van der Waals surface area contributed by atoms with Crippen LogP contribution in [-0.4, -0.2) is 20.7 Å². The Bertz CT molecular complexity index is 1110. The van der Waals surface area contributed by atoms with E-state index in [9.17, 15) is 9.59 Å². The van der Waals surface area contributed by atoms with Gasteiger partial charge in [0.25, 0.3) is 5.56 Å². The molecular formula is C22H25N3O2S2. The molecule has 7 heteroatoms. The summed E-state index contributed by atoms with van der Waals surface area (Å²) in [6.45, 7) is 12.1. The van der Waals surface area contributed by atoms with Crippen LogP contribution in [0.3, 0.4) is 0 Å². The van der Waals surface area contributed by atoms with Gasteiger partial charge in [0, 0.05) is 12.2 Å². The van der Waals surface area contributed by atoms with Crippen molar-refractivity contribution in [3.63, 3.8) is 0 Å². The lowest BCUT2D eigenvalue weighted by molar-refractivity contribution is -0.115. The van der Waals surface area contributed by atoms with Gasteiger partial charge >= 0.3 is 0 Å². The highest BCUT2D eigenvalue weighted by Gasteiger charge is 2.21. The predicted molar refractivity (Wildman–Crippen MR) is 123 cm³/mol. The fourth-order valence-corrected chi connectivity index (χ4v) is 4.81. The number of fused-ring (bicyclic) bond motifs is 1. The molecule has 0 spiro atoms. The van der Waals surface area contributed by atoms with E-state index in [0.29, 0.717) is 27.8 Å². The van der Waals surface area contributed by atoms with Crippen molar-refractivity contribution >= 4 is 44.9 Å². The monoisotopic (exact) mass is 427 g/mol. The van der Waals surface area contributed by atoms with Crippen molar-refractivity contribution in [1.82, 2.24) is 9.55 Å². The van der Waals surface area contributed by atoms with E-state index < -0.39 is 5.25 Å². The SMILES string of the molecule is C=CCn1c(SC(C)C(=O)Nc2c(C)cccc2C(C)C)nc2sccc2c1=O. The van der Waals surface area contributed by atoms with Crippen molar-refractivity contribution in [2.45, 2.75) is 50.6 Å². The molecule has 152 valence electrons. The molecule has 0 bridgehead atoms. The van der Waals surface area contributed by atoms with E-state index in [0.717, 1.165) is 16.8 Å². The number of benzene rings is 1. The van der Waals surface area contributed by atoms with Crippen molar-refractivity contribution in [1.29, 1.82) is 0 Å². The minimum Gasteiger partial charge on any atom is -0.325 e. The van der Waals surface area contributed by atoms with Crippen LogP contribution in [0.25, 0.3) is 10.2 Å². The largest absolute Gasteiger partial charge is 0.325 e. The standard InChI is InChI=1S/C22H25N3O2S2/c1-6-11-25-21(27)17-10-12-28-20(17)24-22(25)29-15(5)19(26)23-18-14(4)8-7-9-16(18)13(2)3/h6-10,12-13,15H,1,11H2,2-5H3,(H,23,26). The zero-order valence-electron chi connectivity index (χ0n) is 17.1. The molecule has 1 atom stereocenters. The Hall–Kier alpha value is -2.38. The van der Waals surface area contributed by atoms with Gasteiger partial charge in [-0.15, -0.1) is 17.9 Å². The van der Waals surface area contributed by atoms with Crippen LogP contribution in [-0.2, 0) is 11.3 Å². The molecule has 2 heterocycles. The summed E-state index contributed by atoms with van der Waals surface area (Å²) >= 11 is 2.71. The van der Waals surface area contributed by atoms with Gasteiger partial charge in [0.15, 0.2) is 5.16 Å². The number of nitrogens with zero attached hydrogens (tertiary/aromatic N) is 2. The fraction of sp³-hybridized carbons (Fsp3) is 0.318. The Balaban J connectivity index is 1.88. The summed E-state index contributed by atoms with van der Waals surface area (Å²) in [5, 5.41) is 5.65. The Morgan fingerprint density at radius 2 is 2.10 bits per heavy atom. The molecule has 0 aliphatic carbocycles. The van der Waals surface area contributed by atoms with E-state index in [1.165, 1.54) is 23.1 Å². The predicted octanol–water partition coefficient (Wildman–Crippen LogP) is 5.20. The van der Waals surface area contributed by atoms with E-state index in [-0.39, 0.29) is 11.5 Å². The van der Waals surface area contributed by atoms with Gasteiger partial charge in [0.1, 0.15) is 4.83 Å². The number of anilines is 1. The van der Waals surface area contributed by atoms with Crippen LogP contribution < -0.4 is 10.9 Å². The molecule has 0 saturated heterocycles. The second-order valence-corrected chi connectivity index (χ2v) is 9.38. The number of aryl methyl sites for hydroxylation is 1. The third kappa shape index (κ3) is 4.46. The molecule has 5 nitrogen and oxygen atoms in total. The molecule has 0 fully saturated rings. The van der Waals surface area contributed by atoms with Gasteiger partial charge in [0.05, 0.1) is 10.6 Å². The van der Waals surface area contributed by atoms with Crippen LogP contribution in [0.2, 0.25) is 0 Å². The lowest BCUT2D eigenvalue weighted by Crippen LogP contribution is -2.27. The maximum Gasteiger partial charge on any atom is 0.263 e. The van der Waals surface area contributed by atoms with Crippen LogP contribution in [0, 0.1) is 6.92 Å². The molecule has 2 aromatic heterocycles. The summed E-state index contributed by atoms with van der Waals surface area (Å²) in [7, 11) is 0. The van der Waals surface area contributed by atoms with Crippen LogP contribution in [0.4, 0.5) is 5.69 Å². The van der Waals surface area contributed by atoms with Crippen molar-refractivity contribution in [2.24, 2.45) is 0 Å². The van der Waals surface area contributed by atoms with E-state index in [4.69, 9.17) is 0 Å². The van der Waals surface area contributed by atoms with Gasteiger partial charge in [0.2, 0.25) is 5.91 Å². The first-order valence-corrected chi connectivity index (χ1v) is 11.2. The number of nitrogens with one attached hydrogen (secondary N) is 1. The number of hydrogen-bond acceptors (Lipinski definition) is 5. The van der Waals surface area contributed by atoms with E-state index in [2.05, 4.69) is 30.7 Å². The van der Waals surface area contributed by atoms with E-state index in [1.54, 1.807) is 16.7 Å². The number of aromatic nitrogens is 2. The first-order valence-electron chi connectivity index (χ1n) is 9.49. The van der Waals surface area contributed by atoms with Crippen molar-refractivity contribution in [3.05, 3.63) is 63.8 Å². The molecule has 0 radical (unpaired) electrons. The molecule has 1 N–H and O–H groups in total. The zero-order valence-corrected chi connectivity index (χ0v) is 18.7. The molecule has 1 amide bonds. The first-order chi connectivity index (χ1) is 13.8. The van der Waals surface area contributed by atoms with Gasteiger partial charge in [-0.2, -0.15) is 0 Å². The smallest absolute Gasteiger partial charge is 0.263 e. The van der Waals surface area contributed by atoms with Gasteiger partial charge in [-0.25, -0.2) is 4.98 Å². The number of para-hydroxylation sites is 1. The van der Waals surface area contributed by atoms with Crippen LogP contribution >= 0.6 is 23.1 Å². The molecule has 0 saturated carbocycles. The minimum atomic E-state index is -0.421. The number of carbonyl (C=O) groups excluding carboxylic acids is 1. The summed E-state index contributed by atoms with van der Waals surface area (Å²) in [5.74, 6) is 0.186. The summed E-state index contributed by atoms with van der Waals surface area (Å²) in [6, 6.07) is 7.82. The normalized spacial score (nSPS) is 12.3. The second kappa shape index (κ2) is 8.97. The molecule has 3 rings (SSSR count). The average Bonchev–Trinajstić information content (AvgIpc) is 3.14. The number of carbonyl (C=O) groups is 1. The maximum atomic E-state index is 12.9. The molecular weight excluding hydrogens is 402 g/mol. The van der Waals surface area contributed by atoms with E-state index >= 15 is 0 Å². The van der Waals surface area contributed by atoms with Crippen molar-refractivity contribution in [2.75, 3.05) is 5.32 Å². The highest BCUT2D eigenvalue weighted by molar-refractivity contribution is 8.00. The first kappa shape index (κ1) is 21.3. The highest BCUT2D eigenvalue weighted by atomic mass is 32.2. The third-order valence-corrected chi connectivity index (χ3v) is 6.58. The minimum absolute atomic E-state index is 0.104. The number of allylic oxidation sites excluding steroid dienone is 1. The van der Waals surface area contributed by atoms with Gasteiger partial charge in [-0.05, 0) is 42.3 Å². The maximum absolute atomic E-state index is 12.9. The molecule has 1 aromatic carbocycles. The Labute approximate surface area is 178 Å². The average molecular weight is 428 g/mol. The molecule has 0 aliphatic heterocycles. The number of amides is 1. The van der Waals surface area contributed by atoms with Crippen LogP contribution in [0.15, 0.2) is 52.3 Å².